The summed E-state index contributed by atoms with van der Waals surface area (Å²) in [7, 11) is 1.56. The number of nitrogens with zero attached hydrogens (tertiary/aromatic N) is 1. The first-order valence-electron chi connectivity index (χ1n) is 8.20. The Morgan fingerprint density at radius 1 is 1.19 bits per heavy atom. The standard InChI is InChI=1S/C20H18N2O4S/c1-13(23)21-20-22-19(24)17(27-20)11-15-9-6-10-16(25-2)18(15)26-12-14-7-4-3-5-8-14/h3-11H,12H2,1-2H3,(H,21,22,23,24)/b17-11-. The Labute approximate surface area is 161 Å². The molecule has 0 aromatic heterocycles. The second-order valence-electron chi connectivity index (χ2n) is 5.67. The third kappa shape index (κ3) is 4.77. The minimum absolute atomic E-state index is 0.272. The Morgan fingerprint density at radius 2 is 1.96 bits per heavy atom. The van der Waals surface area contributed by atoms with Crippen molar-refractivity contribution in [3.63, 3.8) is 0 Å². The van der Waals surface area contributed by atoms with Gasteiger partial charge >= 0.3 is 0 Å². The molecule has 0 unspecified atom stereocenters. The number of hydrogen-bond acceptors (Lipinski definition) is 5. The summed E-state index contributed by atoms with van der Waals surface area (Å²) >= 11 is 1.11. The monoisotopic (exact) mass is 382 g/mol. The number of benzene rings is 2. The Hall–Kier alpha value is -3.06. The molecule has 0 spiro atoms. The number of ether oxygens (including phenoxy) is 2. The lowest BCUT2D eigenvalue weighted by molar-refractivity contribution is -0.117. The van der Waals surface area contributed by atoms with E-state index in [1.54, 1.807) is 19.3 Å². The third-order valence-electron chi connectivity index (χ3n) is 3.65. The van der Waals surface area contributed by atoms with Crippen LogP contribution in [-0.4, -0.2) is 24.1 Å². The number of carbonyl (C=O) groups excluding carboxylic acids is 2. The molecule has 0 bridgehead atoms. The summed E-state index contributed by atoms with van der Waals surface area (Å²) in [6, 6.07) is 15.2. The van der Waals surface area contributed by atoms with Gasteiger partial charge in [-0.3, -0.25) is 9.59 Å². The third-order valence-corrected chi connectivity index (χ3v) is 4.54. The molecule has 1 N–H and O–H groups in total. The molecule has 2 amide bonds. The van der Waals surface area contributed by atoms with E-state index in [1.165, 1.54) is 6.92 Å². The molecule has 138 valence electrons. The van der Waals surface area contributed by atoms with Crippen LogP contribution in [0, 0.1) is 0 Å². The van der Waals surface area contributed by atoms with Crippen molar-refractivity contribution in [3.05, 3.63) is 64.6 Å². The molecule has 0 radical (unpaired) electrons. The largest absolute Gasteiger partial charge is 0.493 e. The molecule has 0 saturated heterocycles. The van der Waals surface area contributed by atoms with Crippen LogP contribution < -0.4 is 14.8 Å². The van der Waals surface area contributed by atoms with Crippen molar-refractivity contribution < 1.29 is 19.1 Å². The van der Waals surface area contributed by atoms with E-state index in [1.807, 2.05) is 42.5 Å². The van der Waals surface area contributed by atoms with E-state index < -0.39 is 5.91 Å². The van der Waals surface area contributed by atoms with Gasteiger partial charge in [-0.25, -0.2) is 0 Å². The van der Waals surface area contributed by atoms with Gasteiger partial charge in [-0.1, -0.05) is 42.5 Å². The van der Waals surface area contributed by atoms with Gasteiger partial charge in [0.05, 0.1) is 12.0 Å². The first kappa shape index (κ1) is 18.7. The normalized spacial score (nSPS) is 14.8. The zero-order valence-electron chi connectivity index (χ0n) is 14.9. The second-order valence-corrected chi connectivity index (χ2v) is 6.70. The van der Waals surface area contributed by atoms with Crippen LogP contribution in [0.3, 0.4) is 0 Å². The number of carbonyl (C=O) groups is 2. The van der Waals surface area contributed by atoms with Gasteiger partial charge in [0.25, 0.3) is 5.91 Å². The van der Waals surface area contributed by atoms with E-state index in [4.69, 9.17) is 9.47 Å². The van der Waals surface area contributed by atoms with Gasteiger partial charge in [-0.15, -0.1) is 0 Å². The lowest BCUT2D eigenvalue weighted by Crippen LogP contribution is -2.23. The summed E-state index contributed by atoms with van der Waals surface area (Å²) < 4.78 is 11.4. The second kappa shape index (κ2) is 8.55. The Kier molecular flexibility index (Phi) is 5.93. The maximum atomic E-state index is 12.1. The zero-order chi connectivity index (χ0) is 19.2. The van der Waals surface area contributed by atoms with Gasteiger partial charge < -0.3 is 14.8 Å². The van der Waals surface area contributed by atoms with Crippen molar-refractivity contribution in [1.29, 1.82) is 0 Å². The first-order valence-corrected chi connectivity index (χ1v) is 9.02. The average molecular weight is 382 g/mol. The van der Waals surface area contributed by atoms with Crippen molar-refractivity contribution >= 4 is 34.8 Å². The molecule has 0 saturated carbocycles. The SMILES string of the molecule is COc1cccc(/C=C2\SC(NC(C)=O)=NC2=O)c1OCc1ccccc1. The van der Waals surface area contributed by atoms with E-state index in [2.05, 4.69) is 10.3 Å². The number of amidine groups is 1. The van der Waals surface area contributed by atoms with Crippen LogP contribution in [0.5, 0.6) is 11.5 Å². The lowest BCUT2D eigenvalue weighted by Gasteiger charge is -2.13. The molecule has 2 aromatic rings. The average Bonchev–Trinajstić information content (AvgIpc) is 2.99. The topological polar surface area (TPSA) is 77.0 Å². The van der Waals surface area contributed by atoms with E-state index in [0.717, 1.165) is 17.3 Å². The maximum absolute atomic E-state index is 12.1. The predicted molar refractivity (Wildman–Crippen MR) is 106 cm³/mol. The molecule has 0 fully saturated rings. The summed E-state index contributed by atoms with van der Waals surface area (Å²) in [4.78, 5) is 27.5. The Balaban J connectivity index is 1.85. The number of hydrogen-bond donors (Lipinski definition) is 1. The lowest BCUT2D eigenvalue weighted by atomic mass is 10.1. The van der Waals surface area contributed by atoms with Crippen LogP contribution in [0.15, 0.2) is 58.4 Å². The van der Waals surface area contributed by atoms with Crippen LogP contribution in [-0.2, 0) is 16.2 Å². The molecule has 0 aliphatic carbocycles. The molecule has 0 atom stereocenters. The van der Waals surface area contributed by atoms with Crippen LogP contribution in [0.1, 0.15) is 18.1 Å². The Bertz CT molecular complexity index is 923. The van der Waals surface area contributed by atoms with Crippen molar-refractivity contribution in [2.24, 2.45) is 4.99 Å². The highest BCUT2D eigenvalue weighted by atomic mass is 32.2. The van der Waals surface area contributed by atoms with Crippen LogP contribution in [0.25, 0.3) is 6.08 Å². The highest BCUT2D eigenvalue weighted by Gasteiger charge is 2.23. The number of amides is 2. The number of nitrogens with one attached hydrogen (secondary N) is 1. The molecule has 1 heterocycles. The van der Waals surface area contributed by atoms with Gasteiger partial charge in [0.1, 0.15) is 6.61 Å². The first-order chi connectivity index (χ1) is 13.1. The summed E-state index contributed by atoms with van der Waals surface area (Å²) in [6.45, 7) is 1.74. The van der Waals surface area contributed by atoms with Crippen molar-refractivity contribution in [1.82, 2.24) is 5.32 Å². The number of thioether (sulfide) groups is 1. The quantitative estimate of drug-likeness (QED) is 0.802. The highest BCUT2D eigenvalue weighted by Crippen LogP contribution is 2.36. The minimum atomic E-state index is -0.402. The fraction of sp³-hybridized carbons (Fsp3) is 0.150. The van der Waals surface area contributed by atoms with E-state index >= 15 is 0 Å². The fourth-order valence-electron chi connectivity index (χ4n) is 2.45. The minimum Gasteiger partial charge on any atom is -0.493 e. The molecule has 7 heteroatoms. The number of para-hydroxylation sites is 1. The summed E-state index contributed by atoms with van der Waals surface area (Å²) in [5.41, 5.74) is 1.71. The maximum Gasteiger partial charge on any atom is 0.286 e. The van der Waals surface area contributed by atoms with Crippen molar-refractivity contribution in [3.8, 4) is 11.5 Å². The smallest absolute Gasteiger partial charge is 0.286 e. The molecule has 3 rings (SSSR count). The van der Waals surface area contributed by atoms with Crippen LogP contribution >= 0.6 is 11.8 Å². The van der Waals surface area contributed by atoms with E-state index in [-0.39, 0.29) is 11.1 Å². The predicted octanol–water partition coefficient (Wildman–Crippen LogP) is 3.38. The van der Waals surface area contributed by atoms with Gasteiger partial charge in [-0.05, 0) is 29.5 Å². The molecule has 1 aliphatic rings. The van der Waals surface area contributed by atoms with Gasteiger partial charge in [0.15, 0.2) is 16.7 Å². The molecule has 1 aliphatic heterocycles. The van der Waals surface area contributed by atoms with Crippen LogP contribution in [0.2, 0.25) is 0 Å². The zero-order valence-corrected chi connectivity index (χ0v) is 15.7. The molecular formula is C20H18N2O4S. The summed E-state index contributed by atoms with van der Waals surface area (Å²) in [5.74, 6) is 0.431. The molecule has 2 aromatic carbocycles. The van der Waals surface area contributed by atoms with Gasteiger partial charge in [0.2, 0.25) is 5.91 Å². The highest BCUT2D eigenvalue weighted by molar-refractivity contribution is 8.18. The Morgan fingerprint density at radius 3 is 2.67 bits per heavy atom. The van der Waals surface area contributed by atoms with E-state index in [9.17, 15) is 9.59 Å². The number of rotatable bonds is 5. The molecular weight excluding hydrogens is 364 g/mol. The van der Waals surface area contributed by atoms with E-state index in [0.29, 0.717) is 28.6 Å². The van der Waals surface area contributed by atoms with Crippen LogP contribution in [0.4, 0.5) is 0 Å². The summed E-state index contributed by atoms with van der Waals surface area (Å²) in [6.07, 6.45) is 1.69. The summed E-state index contributed by atoms with van der Waals surface area (Å²) in [5, 5.41) is 2.80. The fourth-order valence-corrected chi connectivity index (χ4v) is 3.30. The molecule has 27 heavy (non-hydrogen) atoms. The number of aliphatic imine (C=N–C) groups is 1. The van der Waals surface area contributed by atoms with Crippen molar-refractivity contribution in [2.45, 2.75) is 13.5 Å². The van der Waals surface area contributed by atoms with Crippen molar-refractivity contribution in [2.75, 3.05) is 7.11 Å². The van der Waals surface area contributed by atoms with Gasteiger partial charge in [0, 0.05) is 12.5 Å². The van der Waals surface area contributed by atoms with Gasteiger partial charge in [-0.2, -0.15) is 4.99 Å². The molecule has 6 nitrogen and oxygen atoms in total. The number of methoxy groups -OCH3 is 1.